The summed E-state index contributed by atoms with van der Waals surface area (Å²) < 4.78 is 5.23. The minimum Gasteiger partial charge on any atom is -0.480 e. The molecular weight excluding hydrogens is 248 g/mol. The summed E-state index contributed by atoms with van der Waals surface area (Å²) in [5, 5.41) is 18.5. The third kappa shape index (κ3) is 3.16. The fourth-order valence-corrected chi connectivity index (χ4v) is 2.21. The van der Waals surface area contributed by atoms with Gasteiger partial charge >= 0.3 is 12.1 Å². The van der Waals surface area contributed by atoms with Crippen LogP contribution >= 0.6 is 0 Å². The topological polar surface area (TPSA) is 90.6 Å². The van der Waals surface area contributed by atoms with Crippen LogP contribution in [0.15, 0.2) is 0 Å². The second-order valence-electron chi connectivity index (χ2n) is 5.97. The Labute approximate surface area is 112 Å². The number of hydrogen-bond donors (Lipinski definition) is 1. The van der Waals surface area contributed by atoms with Crippen molar-refractivity contribution >= 4 is 12.1 Å². The first-order valence-corrected chi connectivity index (χ1v) is 6.27. The van der Waals surface area contributed by atoms with Gasteiger partial charge < -0.3 is 9.84 Å². The van der Waals surface area contributed by atoms with E-state index in [1.54, 1.807) is 20.8 Å². The average molecular weight is 268 g/mol. The van der Waals surface area contributed by atoms with Gasteiger partial charge in [-0.05, 0) is 47.0 Å². The lowest BCUT2D eigenvalue weighted by atomic mass is 9.85. The summed E-state index contributed by atoms with van der Waals surface area (Å²) >= 11 is 0. The highest BCUT2D eigenvalue weighted by molar-refractivity contribution is 5.84. The normalized spacial score (nSPS) is 27.5. The lowest BCUT2D eigenvalue weighted by molar-refractivity contribution is -0.153. The van der Waals surface area contributed by atoms with Crippen molar-refractivity contribution in [2.75, 3.05) is 0 Å². The summed E-state index contributed by atoms with van der Waals surface area (Å²) in [6.45, 7) is 6.57. The Kier molecular flexibility index (Phi) is 4.09. The number of amides is 1. The van der Waals surface area contributed by atoms with Crippen molar-refractivity contribution in [1.29, 1.82) is 5.26 Å². The van der Waals surface area contributed by atoms with Crippen molar-refractivity contribution in [2.45, 2.75) is 64.1 Å². The second-order valence-corrected chi connectivity index (χ2v) is 5.97. The predicted octanol–water partition coefficient (Wildman–Crippen LogP) is 2.14. The summed E-state index contributed by atoms with van der Waals surface area (Å²) in [5.41, 5.74) is -2.12. The first-order valence-electron chi connectivity index (χ1n) is 6.27. The van der Waals surface area contributed by atoms with Crippen LogP contribution < -0.4 is 0 Å². The van der Waals surface area contributed by atoms with E-state index in [-0.39, 0.29) is 0 Å². The molecule has 0 spiro atoms. The standard InChI is InChI=1S/C13H20N2O4/c1-12(2,3)19-11(18)15-9(8-14)6-5-7-13(15,4)10(16)17/h9H,5-7H2,1-4H3,(H,16,17). The summed E-state index contributed by atoms with van der Waals surface area (Å²) in [6.07, 6.45) is 0.641. The molecule has 1 aliphatic heterocycles. The number of rotatable bonds is 1. The highest BCUT2D eigenvalue weighted by atomic mass is 16.6. The quantitative estimate of drug-likeness (QED) is 0.786. The molecule has 0 aromatic carbocycles. The molecule has 0 aromatic rings. The Hall–Kier alpha value is -1.77. The van der Waals surface area contributed by atoms with Crippen molar-refractivity contribution in [3.63, 3.8) is 0 Å². The first kappa shape index (κ1) is 15.3. The minimum atomic E-state index is -1.39. The van der Waals surface area contributed by atoms with E-state index in [9.17, 15) is 14.7 Å². The maximum Gasteiger partial charge on any atom is 0.412 e. The van der Waals surface area contributed by atoms with Gasteiger partial charge in [0.2, 0.25) is 0 Å². The number of nitriles is 1. The summed E-state index contributed by atoms with van der Waals surface area (Å²) in [7, 11) is 0. The lowest BCUT2D eigenvalue weighted by Gasteiger charge is -2.44. The number of hydrogen-bond acceptors (Lipinski definition) is 4. The molecular formula is C13H20N2O4. The monoisotopic (exact) mass is 268 g/mol. The fraction of sp³-hybridized carbons (Fsp3) is 0.769. The van der Waals surface area contributed by atoms with Gasteiger partial charge in [-0.2, -0.15) is 5.26 Å². The van der Waals surface area contributed by atoms with E-state index in [1.807, 2.05) is 6.07 Å². The summed E-state index contributed by atoms with van der Waals surface area (Å²) in [6, 6.07) is 1.23. The zero-order valence-electron chi connectivity index (χ0n) is 11.8. The molecule has 1 N–H and O–H groups in total. The van der Waals surface area contributed by atoms with Crippen LogP contribution in [0.2, 0.25) is 0 Å². The Balaban J connectivity index is 3.10. The number of nitrogens with zero attached hydrogens (tertiary/aromatic N) is 2. The number of carbonyl (C=O) groups excluding carboxylic acids is 1. The molecule has 1 rings (SSSR count). The first-order chi connectivity index (χ1) is 8.62. The molecule has 2 unspecified atom stereocenters. The number of carboxylic acid groups (broad SMARTS) is 1. The maximum absolute atomic E-state index is 12.2. The van der Waals surface area contributed by atoms with E-state index < -0.39 is 29.2 Å². The van der Waals surface area contributed by atoms with Crippen molar-refractivity contribution < 1.29 is 19.4 Å². The van der Waals surface area contributed by atoms with Crippen LogP contribution in [0.3, 0.4) is 0 Å². The Bertz CT molecular complexity index is 421. The summed E-state index contributed by atoms with van der Waals surface area (Å²) in [4.78, 5) is 24.7. The average Bonchev–Trinajstić information content (AvgIpc) is 2.25. The molecule has 0 aromatic heterocycles. The molecule has 0 aliphatic carbocycles. The van der Waals surface area contributed by atoms with Gasteiger partial charge in [-0.3, -0.25) is 4.90 Å². The number of aliphatic carboxylic acids is 1. The van der Waals surface area contributed by atoms with Crippen molar-refractivity contribution in [3.05, 3.63) is 0 Å². The Morgan fingerprint density at radius 3 is 2.47 bits per heavy atom. The molecule has 19 heavy (non-hydrogen) atoms. The van der Waals surface area contributed by atoms with E-state index in [0.717, 1.165) is 4.90 Å². The van der Waals surface area contributed by atoms with Crippen molar-refractivity contribution in [1.82, 2.24) is 4.90 Å². The molecule has 1 heterocycles. The smallest absolute Gasteiger partial charge is 0.412 e. The van der Waals surface area contributed by atoms with Crippen LogP contribution in [-0.2, 0) is 9.53 Å². The van der Waals surface area contributed by atoms with Crippen LogP contribution in [0.4, 0.5) is 4.79 Å². The fourth-order valence-electron chi connectivity index (χ4n) is 2.21. The van der Waals surface area contributed by atoms with Gasteiger partial charge in [-0.25, -0.2) is 9.59 Å². The van der Waals surface area contributed by atoms with Gasteiger partial charge in [-0.1, -0.05) is 0 Å². The van der Waals surface area contributed by atoms with E-state index in [0.29, 0.717) is 19.3 Å². The summed E-state index contributed by atoms with van der Waals surface area (Å²) in [5.74, 6) is -1.11. The van der Waals surface area contributed by atoms with Gasteiger partial charge in [0.05, 0.1) is 6.07 Å². The number of piperidine rings is 1. The zero-order valence-corrected chi connectivity index (χ0v) is 11.8. The molecule has 0 radical (unpaired) electrons. The highest BCUT2D eigenvalue weighted by Gasteiger charge is 2.49. The van der Waals surface area contributed by atoms with E-state index in [2.05, 4.69) is 0 Å². The SMILES string of the molecule is CC(C)(C)OC(=O)N1C(C#N)CCCC1(C)C(=O)O. The highest BCUT2D eigenvalue weighted by Crippen LogP contribution is 2.33. The van der Waals surface area contributed by atoms with Crippen LogP contribution in [-0.4, -0.2) is 39.3 Å². The molecule has 106 valence electrons. The van der Waals surface area contributed by atoms with E-state index in [4.69, 9.17) is 10.00 Å². The Morgan fingerprint density at radius 2 is 2.05 bits per heavy atom. The molecule has 0 bridgehead atoms. The minimum absolute atomic E-state index is 0.319. The van der Waals surface area contributed by atoms with Crippen LogP contribution in [0.25, 0.3) is 0 Å². The number of ether oxygens (including phenoxy) is 1. The number of likely N-dealkylation sites (tertiary alicyclic amines) is 1. The molecule has 2 atom stereocenters. The Morgan fingerprint density at radius 1 is 1.47 bits per heavy atom. The van der Waals surface area contributed by atoms with Crippen LogP contribution in [0.5, 0.6) is 0 Å². The van der Waals surface area contributed by atoms with Gasteiger partial charge in [0, 0.05) is 0 Å². The molecule has 0 saturated carbocycles. The van der Waals surface area contributed by atoms with Gasteiger partial charge in [0.15, 0.2) is 0 Å². The molecule has 1 aliphatic rings. The van der Waals surface area contributed by atoms with Crippen molar-refractivity contribution in [2.24, 2.45) is 0 Å². The van der Waals surface area contributed by atoms with Gasteiger partial charge in [-0.15, -0.1) is 0 Å². The maximum atomic E-state index is 12.2. The molecule has 6 nitrogen and oxygen atoms in total. The van der Waals surface area contributed by atoms with Gasteiger partial charge in [0.25, 0.3) is 0 Å². The lowest BCUT2D eigenvalue weighted by Crippen LogP contribution is -2.61. The van der Waals surface area contributed by atoms with E-state index >= 15 is 0 Å². The number of carbonyl (C=O) groups is 2. The predicted molar refractivity (Wildman–Crippen MR) is 67.4 cm³/mol. The van der Waals surface area contributed by atoms with Crippen LogP contribution in [0, 0.1) is 11.3 Å². The second kappa shape index (κ2) is 5.08. The largest absolute Gasteiger partial charge is 0.480 e. The van der Waals surface area contributed by atoms with Gasteiger partial charge in [0.1, 0.15) is 17.2 Å². The van der Waals surface area contributed by atoms with Crippen LogP contribution in [0.1, 0.15) is 47.0 Å². The molecule has 1 fully saturated rings. The van der Waals surface area contributed by atoms with E-state index in [1.165, 1.54) is 6.92 Å². The third-order valence-corrected chi connectivity index (χ3v) is 3.18. The number of carboxylic acids is 1. The molecule has 6 heteroatoms. The molecule has 1 amide bonds. The van der Waals surface area contributed by atoms with Crippen molar-refractivity contribution in [3.8, 4) is 6.07 Å². The molecule has 1 saturated heterocycles. The third-order valence-electron chi connectivity index (χ3n) is 3.18. The zero-order chi connectivity index (χ0) is 14.8.